The van der Waals surface area contributed by atoms with Gasteiger partial charge in [-0.1, -0.05) is 39.5 Å². The van der Waals surface area contributed by atoms with Gasteiger partial charge in [-0.3, -0.25) is 0 Å². The summed E-state index contributed by atoms with van der Waals surface area (Å²) in [5, 5.41) is 8.99. The van der Waals surface area contributed by atoms with Crippen LogP contribution in [0.3, 0.4) is 0 Å². The normalized spacial score (nSPS) is 11.3. The van der Waals surface area contributed by atoms with Crippen molar-refractivity contribution in [1.29, 1.82) is 0 Å². The van der Waals surface area contributed by atoms with Gasteiger partial charge in [0.05, 0.1) is 4.90 Å². The molecule has 3 N–H and O–H groups in total. The van der Waals surface area contributed by atoms with Gasteiger partial charge in [0, 0.05) is 18.8 Å². The van der Waals surface area contributed by atoms with E-state index in [-0.39, 0.29) is 4.90 Å². The van der Waals surface area contributed by atoms with E-state index in [0.29, 0.717) is 5.11 Å². The zero-order valence-electron chi connectivity index (χ0n) is 14.6. The number of hydrogen-bond donors (Lipinski definition) is 2. The van der Waals surface area contributed by atoms with Crippen LogP contribution in [0.15, 0.2) is 29.2 Å². The molecule has 24 heavy (non-hydrogen) atoms. The molecule has 0 bridgehead atoms. The van der Waals surface area contributed by atoms with Gasteiger partial charge in [-0.2, -0.15) is 0 Å². The van der Waals surface area contributed by atoms with Crippen LogP contribution in [-0.2, 0) is 10.0 Å². The van der Waals surface area contributed by atoms with E-state index in [4.69, 9.17) is 17.4 Å². The predicted octanol–water partition coefficient (Wildman–Crippen LogP) is 3.71. The summed E-state index contributed by atoms with van der Waals surface area (Å²) in [6.45, 7) is 6.26. The third-order valence-electron chi connectivity index (χ3n) is 3.78. The number of nitrogens with one attached hydrogen (secondary N) is 1. The average Bonchev–Trinajstić information content (AvgIpc) is 2.53. The summed E-state index contributed by atoms with van der Waals surface area (Å²) in [7, 11) is -3.67. The maximum absolute atomic E-state index is 11.3. The quantitative estimate of drug-likeness (QED) is 0.484. The summed E-state index contributed by atoms with van der Waals surface area (Å²) in [4.78, 5) is 2.30. The maximum Gasteiger partial charge on any atom is 0.238 e. The third-order valence-corrected chi connectivity index (χ3v) is 5.07. The van der Waals surface area contributed by atoms with Crippen molar-refractivity contribution in [3.63, 3.8) is 0 Å². The zero-order valence-corrected chi connectivity index (χ0v) is 16.3. The van der Waals surface area contributed by atoms with Crippen LogP contribution in [0.2, 0.25) is 0 Å². The lowest BCUT2D eigenvalue weighted by Crippen LogP contribution is -2.36. The number of thiocarbonyl (C=S) groups is 1. The van der Waals surface area contributed by atoms with Crippen molar-refractivity contribution < 1.29 is 8.42 Å². The molecule has 136 valence electrons. The summed E-state index contributed by atoms with van der Waals surface area (Å²) in [5.41, 5.74) is 0.767. The van der Waals surface area contributed by atoms with Crippen LogP contribution in [0, 0.1) is 0 Å². The smallest absolute Gasteiger partial charge is 0.238 e. The average molecular weight is 372 g/mol. The molecular weight excluding hydrogens is 342 g/mol. The van der Waals surface area contributed by atoms with E-state index in [1.54, 1.807) is 12.1 Å². The molecule has 0 radical (unpaired) electrons. The molecule has 1 aromatic rings. The Balaban J connectivity index is 2.67. The molecule has 5 nitrogen and oxygen atoms in total. The minimum Gasteiger partial charge on any atom is -0.349 e. The molecule has 7 heteroatoms. The minimum absolute atomic E-state index is 0.0988. The molecule has 0 aliphatic heterocycles. The van der Waals surface area contributed by atoms with Crippen molar-refractivity contribution in [2.24, 2.45) is 5.14 Å². The molecule has 0 aromatic heterocycles. The number of unbranched alkanes of at least 4 members (excludes halogenated alkanes) is 4. The number of hydrogen-bond acceptors (Lipinski definition) is 3. The summed E-state index contributed by atoms with van der Waals surface area (Å²) in [6, 6.07) is 6.34. The van der Waals surface area contributed by atoms with Gasteiger partial charge in [-0.05, 0) is 49.3 Å². The molecule has 0 aliphatic carbocycles. The van der Waals surface area contributed by atoms with E-state index < -0.39 is 10.0 Å². The van der Waals surface area contributed by atoms with Crippen LogP contribution in [0.4, 0.5) is 5.69 Å². The van der Waals surface area contributed by atoms with Gasteiger partial charge in [-0.15, -0.1) is 0 Å². The highest BCUT2D eigenvalue weighted by Crippen LogP contribution is 2.14. The molecule has 0 spiro atoms. The number of sulfonamides is 1. The first-order chi connectivity index (χ1) is 11.4. The molecule has 0 fully saturated rings. The second kappa shape index (κ2) is 10.6. The Hall–Kier alpha value is -1.18. The topological polar surface area (TPSA) is 75.4 Å². The van der Waals surface area contributed by atoms with E-state index >= 15 is 0 Å². The fourth-order valence-electron chi connectivity index (χ4n) is 2.35. The molecular formula is C17H29N3O2S2. The van der Waals surface area contributed by atoms with E-state index in [1.165, 1.54) is 37.8 Å². The van der Waals surface area contributed by atoms with Crippen molar-refractivity contribution >= 4 is 33.0 Å². The molecule has 0 aliphatic rings. The Morgan fingerprint density at radius 2 is 1.54 bits per heavy atom. The standard InChI is InChI=1S/C17H29N3O2S2/c1-3-5-7-13-20(14-8-6-4-2)17(23)19-15-9-11-16(12-10-15)24(18,21)22/h9-12H,3-8,13-14H2,1-2H3,(H,19,23)(H2,18,21,22). The zero-order chi connectivity index (χ0) is 18.0. The minimum atomic E-state index is -3.67. The molecule has 0 saturated carbocycles. The first-order valence-electron chi connectivity index (χ1n) is 8.57. The molecule has 1 aromatic carbocycles. The number of primary sulfonamides is 1. The van der Waals surface area contributed by atoms with E-state index in [2.05, 4.69) is 24.1 Å². The summed E-state index contributed by atoms with van der Waals surface area (Å²) >= 11 is 5.53. The van der Waals surface area contributed by atoms with Crippen molar-refractivity contribution in [1.82, 2.24) is 4.90 Å². The highest BCUT2D eigenvalue weighted by Gasteiger charge is 2.11. The van der Waals surface area contributed by atoms with Crippen molar-refractivity contribution in [3.8, 4) is 0 Å². The van der Waals surface area contributed by atoms with Crippen LogP contribution in [-0.4, -0.2) is 31.5 Å². The Labute approximate surface area is 151 Å². The van der Waals surface area contributed by atoms with Crippen LogP contribution in [0.25, 0.3) is 0 Å². The van der Waals surface area contributed by atoms with Gasteiger partial charge in [0.1, 0.15) is 0 Å². The summed E-state index contributed by atoms with van der Waals surface area (Å²) < 4.78 is 22.6. The van der Waals surface area contributed by atoms with Crippen LogP contribution in [0.1, 0.15) is 52.4 Å². The Kier molecular flexibility index (Phi) is 9.25. The maximum atomic E-state index is 11.3. The van der Waals surface area contributed by atoms with Gasteiger partial charge >= 0.3 is 0 Å². The van der Waals surface area contributed by atoms with Crippen LogP contribution in [0.5, 0.6) is 0 Å². The number of nitrogens with two attached hydrogens (primary N) is 1. The SMILES string of the molecule is CCCCCN(CCCCC)C(=S)Nc1ccc(S(N)(=O)=O)cc1. The summed E-state index contributed by atoms with van der Waals surface area (Å²) in [5.74, 6) is 0. The molecule has 0 atom stereocenters. The Morgan fingerprint density at radius 1 is 1.04 bits per heavy atom. The molecule has 0 heterocycles. The van der Waals surface area contributed by atoms with Gasteiger partial charge in [0.15, 0.2) is 5.11 Å². The highest BCUT2D eigenvalue weighted by molar-refractivity contribution is 7.89. The Morgan fingerprint density at radius 3 is 1.96 bits per heavy atom. The highest BCUT2D eigenvalue weighted by atomic mass is 32.2. The second-order valence-corrected chi connectivity index (χ2v) is 7.85. The third kappa shape index (κ3) is 7.59. The second-order valence-electron chi connectivity index (χ2n) is 5.90. The largest absolute Gasteiger partial charge is 0.349 e. The van der Waals surface area contributed by atoms with Gasteiger partial charge < -0.3 is 10.2 Å². The van der Waals surface area contributed by atoms with Gasteiger partial charge in [0.25, 0.3) is 0 Å². The van der Waals surface area contributed by atoms with E-state index in [9.17, 15) is 8.42 Å². The van der Waals surface area contributed by atoms with Gasteiger partial charge in [0.2, 0.25) is 10.0 Å². The fraction of sp³-hybridized carbons (Fsp3) is 0.588. The molecule has 1 rings (SSSR count). The predicted molar refractivity (Wildman–Crippen MR) is 105 cm³/mol. The van der Waals surface area contributed by atoms with Crippen molar-refractivity contribution in [2.75, 3.05) is 18.4 Å². The van der Waals surface area contributed by atoms with Gasteiger partial charge in [-0.25, -0.2) is 13.6 Å². The Bertz CT molecular complexity index is 591. The van der Waals surface area contributed by atoms with Crippen molar-refractivity contribution in [2.45, 2.75) is 57.3 Å². The molecule has 0 saturated heterocycles. The number of nitrogens with zero attached hydrogens (tertiary/aromatic N) is 1. The lowest BCUT2D eigenvalue weighted by atomic mass is 10.2. The van der Waals surface area contributed by atoms with Crippen molar-refractivity contribution in [3.05, 3.63) is 24.3 Å². The lowest BCUT2D eigenvalue weighted by Gasteiger charge is -2.26. The first-order valence-corrected chi connectivity index (χ1v) is 10.5. The summed E-state index contributed by atoms with van der Waals surface area (Å²) in [6.07, 6.45) is 6.98. The first kappa shape index (κ1) is 20.9. The van der Waals surface area contributed by atoms with Crippen LogP contribution >= 0.6 is 12.2 Å². The number of benzene rings is 1. The van der Waals surface area contributed by atoms with E-state index in [1.807, 2.05) is 0 Å². The molecule has 0 amide bonds. The monoisotopic (exact) mass is 371 g/mol. The molecule has 0 unspecified atom stereocenters. The number of rotatable bonds is 10. The fourth-order valence-corrected chi connectivity index (χ4v) is 3.17. The lowest BCUT2D eigenvalue weighted by molar-refractivity contribution is 0.395. The van der Waals surface area contributed by atoms with E-state index in [0.717, 1.165) is 31.6 Å². The van der Waals surface area contributed by atoms with Crippen LogP contribution < -0.4 is 10.5 Å². The number of anilines is 1.